The van der Waals surface area contributed by atoms with Crippen LogP contribution in [0.5, 0.6) is 0 Å². The van der Waals surface area contributed by atoms with Gasteiger partial charge in [0.25, 0.3) is 0 Å². The van der Waals surface area contributed by atoms with Gasteiger partial charge < -0.3 is 10.2 Å². The molecule has 0 aliphatic rings. The third kappa shape index (κ3) is 5.79. The Balaban J connectivity index is 0.000000204. The summed E-state index contributed by atoms with van der Waals surface area (Å²) < 4.78 is 0. The van der Waals surface area contributed by atoms with Gasteiger partial charge in [0.2, 0.25) is 0 Å². The number of rotatable bonds is 5. The van der Waals surface area contributed by atoms with E-state index in [9.17, 15) is 0 Å². The second-order valence-corrected chi connectivity index (χ2v) is 4.40. The summed E-state index contributed by atoms with van der Waals surface area (Å²) in [6, 6.07) is 20.7. The second-order valence-electron chi connectivity index (χ2n) is 4.40. The van der Waals surface area contributed by atoms with E-state index in [1.165, 1.54) is 11.4 Å². The number of nitrogens with zero attached hydrogens (tertiary/aromatic N) is 1. The van der Waals surface area contributed by atoms with Crippen molar-refractivity contribution in [3.63, 3.8) is 0 Å². The number of hydrogen-bond donors (Lipinski definition) is 1. The van der Waals surface area contributed by atoms with Crippen molar-refractivity contribution in [3.05, 3.63) is 60.7 Å². The van der Waals surface area contributed by atoms with Crippen molar-refractivity contribution in [1.29, 1.82) is 0 Å². The molecule has 0 heterocycles. The minimum absolute atomic E-state index is 0.990. The zero-order valence-electron chi connectivity index (χ0n) is 12.8. The number of nitrogens with one attached hydrogen (secondary N) is 1. The SMILES string of the molecule is CCN(CC)c1ccccc1.CCNc1ccccc1. The fourth-order valence-corrected chi connectivity index (χ4v) is 1.99. The topological polar surface area (TPSA) is 15.3 Å². The molecule has 1 N–H and O–H groups in total. The molecule has 0 bridgehead atoms. The highest BCUT2D eigenvalue weighted by Crippen LogP contribution is 2.11. The molecule has 0 aliphatic heterocycles. The molecule has 2 rings (SSSR count). The van der Waals surface area contributed by atoms with E-state index in [4.69, 9.17) is 0 Å². The Bertz CT molecular complexity index is 435. The lowest BCUT2D eigenvalue weighted by Crippen LogP contribution is -2.21. The number of anilines is 2. The quantitative estimate of drug-likeness (QED) is 0.850. The Hall–Kier alpha value is -1.96. The molecular weight excluding hydrogens is 244 g/mol. The molecule has 2 heteroatoms. The van der Waals surface area contributed by atoms with Crippen LogP contribution in [-0.4, -0.2) is 19.6 Å². The Kier molecular flexibility index (Phi) is 7.97. The molecule has 0 unspecified atom stereocenters. The molecule has 0 fully saturated rings. The summed E-state index contributed by atoms with van der Waals surface area (Å²) in [5, 5.41) is 3.21. The maximum absolute atomic E-state index is 3.21. The maximum atomic E-state index is 3.21. The van der Waals surface area contributed by atoms with E-state index in [1.807, 2.05) is 24.3 Å². The molecule has 20 heavy (non-hydrogen) atoms. The summed E-state index contributed by atoms with van der Waals surface area (Å²) in [6.07, 6.45) is 0. The molecule has 0 atom stereocenters. The van der Waals surface area contributed by atoms with E-state index in [0.29, 0.717) is 0 Å². The molecule has 0 aromatic heterocycles. The zero-order valence-corrected chi connectivity index (χ0v) is 12.8. The lowest BCUT2D eigenvalue weighted by molar-refractivity contribution is 0.866. The first-order valence-electron chi connectivity index (χ1n) is 7.40. The zero-order chi connectivity index (χ0) is 14.6. The Morgan fingerprint density at radius 3 is 1.70 bits per heavy atom. The van der Waals surface area contributed by atoms with E-state index in [2.05, 4.69) is 67.4 Å². The number of benzene rings is 2. The van der Waals surface area contributed by atoms with Gasteiger partial charge in [-0.2, -0.15) is 0 Å². The standard InChI is InChI=1S/C10H15N.C8H11N/c1-3-11(4-2)10-8-6-5-7-9-10;1-2-9-8-6-4-3-5-7-8/h5-9H,3-4H2,1-2H3;3-7,9H,2H2,1H3. The van der Waals surface area contributed by atoms with Crippen molar-refractivity contribution in [3.8, 4) is 0 Å². The van der Waals surface area contributed by atoms with Gasteiger partial charge in [-0.3, -0.25) is 0 Å². The van der Waals surface area contributed by atoms with Gasteiger partial charge in [0.15, 0.2) is 0 Å². The molecule has 2 nitrogen and oxygen atoms in total. The molecule has 0 aliphatic carbocycles. The van der Waals surface area contributed by atoms with Gasteiger partial charge in [-0.05, 0) is 45.0 Å². The monoisotopic (exact) mass is 270 g/mol. The minimum atomic E-state index is 0.990. The van der Waals surface area contributed by atoms with E-state index in [-0.39, 0.29) is 0 Å². The van der Waals surface area contributed by atoms with Gasteiger partial charge >= 0.3 is 0 Å². The lowest BCUT2D eigenvalue weighted by atomic mass is 10.3. The van der Waals surface area contributed by atoms with Crippen molar-refractivity contribution in [2.24, 2.45) is 0 Å². The summed E-state index contributed by atoms with van der Waals surface area (Å²) in [7, 11) is 0. The molecule has 0 spiro atoms. The Morgan fingerprint density at radius 2 is 1.25 bits per heavy atom. The van der Waals surface area contributed by atoms with E-state index in [1.54, 1.807) is 0 Å². The molecule has 0 amide bonds. The van der Waals surface area contributed by atoms with E-state index in [0.717, 1.165) is 19.6 Å². The van der Waals surface area contributed by atoms with Crippen LogP contribution in [-0.2, 0) is 0 Å². The van der Waals surface area contributed by atoms with Gasteiger partial charge in [-0.25, -0.2) is 0 Å². The van der Waals surface area contributed by atoms with Gasteiger partial charge in [0.1, 0.15) is 0 Å². The van der Waals surface area contributed by atoms with Crippen LogP contribution in [0.25, 0.3) is 0 Å². The summed E-state index contributed by atoms with van der Waals surface area (Å²) in [4.78, 5) is 2.33. The minimum Gasteiger partial charge on any atom is -0.385 e. The highest BCUT2D eigenvalue weighted by Gasteiger charge is 1.97. The average Bonchev–Trinajstić information content (AvgIpc) is 2.52. The fourth-order valence-electron chi connectivity index (χ4n) is 1.99. The Morgan fingerprint density at radius 1 is 0.750 bits per heavy atom. The van der Waals surface area contributed by atoms with Crippen LogP contribution >= 0.6 is 0 Å². The lowest BCUT2D eigenvalue weighted by Gasteiger charge is -2.20. The third-order valence-electron chi connectivity index (χ3n) is 3.04. The predicted molar refractivity (Wildman–Crippen MR) is 90.6 cm³/mol. The summed E-state index contributed by atoms with van der Waals surface area (Å²) >= 11 is 0. The van der Waals surface area contributed by atoms with Gasteiger partial charge in [-0.15, -0.1) is 0 Å². The van der Waals surface area contributed by atoms with Crippen LogP contribution in [0.15, 0.2) is 60.7 Å². The van der Waals surface area contributed by atoms with Crippen molar-refractivity contribution in [2.45, 2.75) is 20.8 Å². The van der Waals surface area contributed by atoms with Crippen LogP contribution in [0.3, 0.4) is 0 Å². The first kappa shape index (κ1) is 16.1. The molecule has 108 valence electrons. The smallest absolute Gasteiger partial charge is 0.0365 e. The molecular formula is C18H26N2. The normalized spacial score (nSPS) is 9.35. The second kappa shape index (κ2) is 9.90. The van der Waals surface area contributed by atoms with Crippen LogP contribution in [0, 0.1) is 0 Å². The summed E-state index contributed by atoms with van der Waals surface area (Å²) in [5.74, 6) is 0. The first-order valence-corrected chi connectivity index (χ1v) is 7.40. The number of para-hydroxylation sites is 2. The molecule has 0 saturated heterocycles. The van der Waals surface area contributed by atoms with Gasteiger partial charge in [0.05, 0.1) is 0 Å². The van der Waals surface area contributed by atoms with Crippen molar-refractivity contribution < 1.29 is 0 Å². The largest absolute Gasteiger partial charge is 0.385 e. The van der Waals surface area contributed by atoms with Crippen LogP contribution in [0.4, 0.5) is 11.4 Å². The van der Waals surface area contributed by atoms with Gasteiger partial charge in [-0.1, -0.05) is 36.4 Å². The molecule has 0 saturated carbocycles. The van der Waals surface area contributed by atoms with Crippen molar-refractivity contribution in [2.75, 3.05) is 29.9 Å². The summed E-state index contributed by atoms with van der Waals surface area (Å²) in [6.45, 7) is 9.60. The van der Waals surface area contributed by atoms with Crippen LogP contribution < -0.4 is 10.2 Å². The molecule has 2 aromatic rings. The van der Waals surface area contributed by atoms with Crippen LogP contribution in [0.1, 0.15) is 20.8 Å². The maximum Gasteiger partial charge on any atom is 0.0365 e. The van der Waals surface area contributed by atoms with E-state index < -0.39 is 0 Å². The predicted octanol–water partition coefficient (Wildman–Crippen LogP) is 4.65. The Labute approximate surface area is 123 Å². The van der Waals surface area contributed by atoms with E-state index >= 15 is 0 Å². The van der Waals surface area contributed by atoms with Crippen LogP contribution in [0.2, 0.25) is 0 Å². The third-order valence-corrected chi connectivity index (χ3v) is 3.04. The fraction of sp³-hybridized carbons (Fsp3) is 0.333. The first-order chi connectivity index (χ1) is 9.81. The van der Waals surface area contributed by atoms with Gasteiger partial charge in [0, 0.05) is 31.0 Å². The molecule has 0 radical (unpaired) electrons. The van der Waals surface area contributed by atoms with Crippen molar-refractivity contribution in [1.82, 2.24) is 0 Å². The highest BCUT2D eigenvalue weighted by atomic mass is 15.1. The summed E-state index contributed by atoms with van der Waals surface area (Å²) in [5.41, 5.74) is 2.51. The number of hydrogen-bond acceptors (Lipinski definition) is 2. The highest BCUT2D eigenvalue weighted by molar-refractivity contribution is 5.45. The van der Waals surface area contributed by atoms with Crippen molar-refractivity contribution >= 4 is 11.4 Å². The average molecular weight is 270 g/mol. The molecule has 2 aromatic carbocycles.